The minimum absolute atomic E-state index is 0.109. The Labute approximate surface area is 179 Å². The Bertz CT molecular complexity index is 887. The van der Waals surface area contributed by atoms with E-state index in [4.69, 9.17) is 37.4 Å². The smallest absolute Gasteiger partial charge is 0.336 e. The van der Waals surface area contributed by atoms with Crippen LogP contribution >= 0.6 is 23.2 Å². The highest BCUT2D eigenvalue weighted by Crippen LogP contribution is 2.43. The normalized spacial score (nSPS) is 21.8. The molecule has 29 heavy (non-hydrogen) atoms. The highest BCUT2D eigenvalue weighted by molar-refractivity contribution is 6.42. The van der Waals surface area contributed by atoms with E-state index in [2.05, 4.69) is 5.32 Å². The predicted octanol–water partition coefficient (Wildman–Crippen LogP) is 4.12. The van der Waals surface area contributed by atoms with Crippen molar-refractivity contribution < 1.29 is 23.8 Å². The standard InChI is InChI=1S/C21H23Cl2NO5/c1-11-16(20(25)27-3)18(14-7-4-8-15(22)19(14)23)17(12(2)24-11)21(26)29-10-13-6-5-9-28-13/h4,7-8,13,18,24H,5-6,9-10H2,1-3H3/t13-,18+/m0/s1. The number of ether oxygens (including phenoxy) is 3. The van der Waals surface area contributed by atoms with Gasteiger partial charge in [-0.2, -0.15) is 0 Å². The lowest BCUT2D eigenvalue weighted by Gasteiger charge is -2.31. The third kappa shape index (κ3) is 4.44. The molecule has 2 heterocycles. The summed E-state index contributed by atoms with van der Waals surface area (Å²) in [7, 11) is 1.29. The van der Waals surface area contributed by atoms with Crippen LogP contribution in [0.3, 0.4) is 0 Å². The van der Waals surface area contributed by atoms with Crippen molar-refractivity contribution in [3.63, 3.8) is 0 Å². The van der Waals surface area contributed by atoms with E-state index in [1.54, 1.807) is 32.0 Å². The van der Waals surface area contributed by atoms with Crippen molar-refractivity contribution in [1.29, 1.82) is 0 Å². The fraction of sp³-hybridized carbons (Fsp3) is 0.429. The molecule has 0 amide bonds. The van der Waals surface area contributed by atoms with Crippen molar-refractivity contribution in [1.82, 2.24) is 5.32 Å². The number of nitrogens with one attached hydrogen (secondary N) is 1. The lowest BCUT2D eigenvalue weighted by atomic mass is 9.80. The zero-order chi connectivity index (χ0) is 21.1. The van der Waals surface area contributed by atoms with E-state index in [1.165, 1.54) is 7.11 Å². The minimum atomic E-state index is -0.771. The molecule has 0 aromatic heterocycles. The Balaban J connectivity index is 2.03. The summed E-state index contributed by atoms with van der Waals surface area (Å²) in [6.07, 6.45) is 1.68. The highest BCUT2D eigenvalue weighted by atomic mass is 35.5. The van der Waals surface area contributed by atoms with Gasteiger partial charge >= 0.3 is 11.9 Å². The van der Waals surface area contributed by atoms with Gasteiger partial charge in [-0.25, -0.2) is 9.59 Å². The molecular weight excluding hydrogens is 417 g/mol. The molecule has 1 aromatic carbocycles. The van der Waals surface area contributed by atoms with Crippen molar-refractivity contribution in [2.24, 2.45) is 0 Å². The fourth-order valence-electron chi connectivity index (χ4n) is 3.72. The Kier molecular flexibility index (Phi) is 6.88. The number of rotatable bonds is 5. The maximum absolute atomic E-state index is 13.1. The summed E-state index contributed by atoms with van der Waals surface area (Å²) in [6, 6.07) is 5.11. The zero-order valence-electron chi connectivity index (χ0n) is 16.5. The third-order valence-electron chi connectivity index (χ3n) is 5.10. The van der Waals surface area contributed by atoms with E-state index >= 15 is 0 Å². The molecule has 2 aliphatic rings. The Morgan fingerprint density at radius 3 is 2.48 bits per heavy atom. The van der Waals surface area contributed by atoms with Crippen molar-refractivity contribution in [3.8, 4) is 0 Å². The van der Waals surface area contributed by atoms with Gasteiger partial charge < -0.3 is 19.5 Å². The summed E-state index contributed by atoms with van der Waals surface area (Å²) in [5.41, 5.74) is 2.26. The lowest BCUT2D eigenvalue weighted by Crippen LogP contribution is -2.33. The molecule has 1 N–H and O–H groups in total. The molecule has 1 saturated heterocycles. The Morgan fingerprint density at radius 1 is 1.17 bits per heavy atom. The van der Waals surface area contributed by atoms with Crippen molar-refractivity contribution in [2.75, 3.05) is 20.3 Å². The summed E-state index contributed by atoms with van der Waals surface area (Å²) in [4.78, 5) is 25.7. The molecule has 0 radical (unpaired) electrons. The number of methoxy groups -OCH3 is 1. The van der Waals surface area contributed by atoms with Crippen LogP contribution < -0.4 is 5.32 Å². The van der Waals surface area contributed by atoms with Gasteiger partial charge in [-0.3, -0.25) is 0 Å². The number of benzene rings is 1. The predicted molar refractivity (Wildman–Crippen MR) is 110 cm³/mol. The van der Waals surface area contributed by atoms with E-state index < -0.39 is 17.9 Å². The summed E-state index contributed by atoms with van der Waals surface area (Å²) in [5, 5.41) is 3.69. The van der Waals surface area contributed by atoms with Gasteiger partial charge in [0, 0.05) is 18.0 Å². The first-order valence-corrected chi connectivity index (χ1v) is 10.1. The van der Waals surface area contributed by atoms with Crippen LogP contribution in [-0.4, -0.2) is 38.4 Å². The minimum Gasteiger partial charge on any atom is -0.466 e. The first-order chi connectivity index (χ1) is 13.8. The van der Waals surface area contributed by atoms with Crippen LogP contribution in [0.25, 0.3) is 0 Å². The van der Waals surface area contributed by atoms with Gasteiger partial charge in [-0.1, -0.05) is 35.3 Å². The van der Waals surface area contributed by atoms with Gasteiger partial charge in [0.15, 0.2) is 0 Å². The van der Waals surface area contributed by atoms with E-state index in [-0.39, 0.29) is 28.9 Å². The number of allylic oxidation sites excluding steroid dienone is 2. The van der Waals surface area contributed by atoms with Gasteiger partial charge in [-0.15, -0.1) is 0 Å². The second kappa shape index (κ2) is 9.20. The van der Waals surface area contributed by atoms with Crippen LogP contribution in [0, 0.1) is 0 Å². The van der Waals surface area contributed by atoms with Crippen molar-refractivity contribution >= 4 is 35.1 Å². The average Bonchev–Trinajstić information content (AvgIpc) is 3.21. The molecule has 0 spiro atoms. The highest BCUT2D eigenvalue weighted by Gasteiger charge is 2.39. The van der Waals surface area contributed by atoms with Crippen molar-refractivity contribution in [3.05, 3.63) is 56.3 Å². The van der Waals surface area contributed by atoms with Crippen LogP contribution in [0.2, 0.25) is 10.0 Å². The third-order valence-corrected chi connectivity index (χ3v) is 5.94. The summed E-state index contributed by atoms with van der Waals surface area (Å²) < 4.78 is 16.0. The molecule has 2 atom stereocenters. The van der Waals surface area contributed by atoms with E-state index in [0.717, 1.165) is 12.8 Å². The summed E-state index contributed by atoms with van der Waals surface area (Å²) >= 11 is 12.7. The molecule has 0 aliphatic carbocycles. The molecule has 0 saturated carbocycles. The Hall–Kier alpha value is -2.02. The van der Waals surface area contributed by atoms with E-state index in [0.29, 0.717) is 28.6 Å². The second-order valence-electron chi connectivity index (χ2n) is 7.00. The van der Waals surface area contributed by atoms with Crippen LogP contribution in [0.15, 0.2) is 40.7 Å². The van der Waals surface area contributed by atoms with Gasteiger partial charge in [0.2, 0.25) is 0 Å². The molecular formula is C21H23Cl2NO5. The number of hydrogen-bond donors (Lipinski definition) is 1. The molecule has 156 valence electrons. The number of carbonyl (C=O) groups excluding carboxylic acids is 2. The van der Waals surface area contributed by atoms with E-state index in [1.807, 2.05) is 0 Å². The second-order valence-corrected chi connectivity index (χ2v) is 7.79. The van der Waals surface area contributed by atoms with Crippen LogP contribution in [0.5, 0.6) is 0 Å². The number of halogens is 2. The van der Waals surface area contributed by atoms with Gasteiger partial charge in [0.05, 0.1) is 40.3 Å². The molecule has 0 bridgehead atoms. The topological polar surface area (TPSA) is 73.9 Å². The molecule has 8 heteroatoms. The zero-order valence-corrected chi connectivity index (χ0v) is 18.0. The fourth-order valence-corrected chi connectivity index (χ4v) is 4.14. The lowest BCUT2D eigenvalue weighted by molar-refractivity contribution is -0.142. The maximum Gasteiger partial charge on any atom is 0.336 e. The Morgan fingerprint density at radius 2 is 1.86 bits per heavy atom. The van der Waals surface area contributed by atoms with Gasteiger partial charge in [0.25, 0.3) is 0 Å². The number of esters is 2. The molecule has 3 rings (SSSR count). The average molecular weight is 440 g/mol. The van der Waals surface area contributed by atoms with Crippen LogP contribution in [0.4, 0.5) is 0 Å². The molecule has 1 fully saturated rings. The van der Waals surface area contributed by atoms with Crippen LogP contribution in [0.1, 0.15) is 38.2 Å². The molecule has 0 unspecified atom stereocenters. The van der Waals surface area contributed by atoms with Crippen molar-refractivity contribution in [2.45, 2.75) is 38.7 Å². The summed E-state index contributed by atoms with van der Waals surface area (Å²) in [6.45, 7) is 4.32. The summed E-state index contributed by atoms with van der Waals surface area (Å²) in [5.74, 6) is -1.87. The molecule has 6 nitrogen and oxygen atoms in total. The first-order valence-electron chi connectivity index (χ1n) is 9.34. The van der Waals surface area contributed by atoms with Crippen LogP contribution in [-0.2, 0) is 23.8 Å². The largest absolute Gasteiger partial charge is 0.466 e. The quantitative estimate of drug-likeness (QED) is 0.695. The number of carbonyl (C=O) groups is 2. The molecule has 1 aromatic rings. The SMILES string of the molecule is COC(=O)C1=C(C)NC(C)=C(C(=O)OC[C@@H]2CCCO2)[C@@H]1c1cccc(Cl)c1Cl. The number of dihydropyridines is 1. The molecule has 2 aliphatic heterocycles. The van der Waals surface area contributed by atoms with Gasteiger partial charge in [0.1, 0.15) is 6.61 Å². The maximum atomic E-state index is 13.1. The number of hydrogen-bond acceptors (Lipinski definition) is 6. The van der Waals surface area contributed by atoms with E-state index in [9.17, 15) is 9.59 Å². The van der Waals surface area contributed by atoms with Gasteiger partial charge in [-0.05, 0) is 38.3 Å². The first kappa shape index (κ1) is 21.7. The monoisotopic (exact) mass is 439 g/mol.